The monoisotopic (exact) mass is 318 g/mol. The number of carbonyl (C=O) groups excluding carboxylic acids is 2. The molecule has 1 N–H and O–H groups in total. The third-order valence-corrected chi connectivity index (χ3v) is 3.75. The lowest BCUT2D eigenvalue weighted by atomic mass is 10.1. The highest BCUT2D eigenvalue weighted by atomic mass is 16.5. The van der Waals surface area contributed by atoms with Gasteiger partial charge in [0, 0.05) is 37.3 Å². The highest BCUT2D eigenvalue weighted by molar-refractivity contribution is 5.89. The van der Waals surface area contributed by atoms with E-state index in [1.165, 1.54) is 7.11 Å². The van der Waals surface area contributed by atoms with Crippen LogP contribution in [0.25, 0.3) is 10.9 Å². The number of rotatable bonds is 8. The number of esters is 1. The van der Waals surface area contributed by atoms with Crippen molar-refractivity contribution in [2.75, 3.05) is 33.9 Å². The van der Waals surface area contributed by atoms with Gasteiger partial charge < -0.3 is 19.4 Å². The lowest BCUT2D eigenvalue weighted by Gasteiger charge is -2.21. The van der Waals surface area contributed by atoms with Crippen LogP contribution in [0.3, 0.4) is 0 Å². The first-order chi connectivity index (χ1) is 11.2. The fourth-order valence-corrected chi connectivity index (χ4v) is 2.44. The van der Waals surface area contributed by atoms with Crippen LogP contribution in [0.1, 0.15) is 12.0 Å². The molecule has 0 bridgehead atoms. The Kier molecular flexibility index (Phi) is 6.17. The van der Waals surface area contributed by atoms with Crippen LogP contribution in [0.2, 0.25) is 0 Å². The SMILES string of the molecule is COCCN(CCC(=O)OC)C(=O)Cc1c[nH]c2ccccc12. The van der Waals surface area contributed by atoms with Gasteiger partial charge in [-0.15, -0.1) is 0 Å². The van der Waals surface area contributed by atoms with Crippen molar-refractivity contribution >= 4 is 22.8 Å². The van der Waals surface area contributed by atoms with Crippen molar-refractivity contribution in [1.29, 1.82) is 0 Å². The first-order valence-corrected chi connectivity index (χ1v) is 7.54. The molecule has 1 aromatic carbocycles. The Labute approximate surface area is 135 Å². The zero-order chi connectivity index (χ0) is 16.7. The number of methoxy groups -OCH3 is 2. The van der Waals surface area contributed by atoms with E-state index in [-0.39, 0.29) is 24.7 Å². The van der Waals surface area contributed by atoms with Crippen LogP contribution in [0.15, 0.2) is 30.5 Å². The van der Waals surface area contributed by atoms with Gasteiger partial charge in [-0.05, 0) is 11.6 Å². The smallest absolute Gasteiger partial charge is 0.307 e. The van der Waals surface area contributed by atoms with E-state index in [2.05, 4.69) is 9.72 Å². The van der Waals surface area contributed by atoms with Gasteiger partial charge in [0.25, 0.3) is 0 Å². The van der Waals surface area contributed by atoms with Crippen molar-refractivity contribution in [2.24, 2.45) is 0 Å². The van der Waals surface area contributed by atoms with Gasteiger partial charge in [-0.2, -0.15) is 0 Å². The third-order valence-electron chi connectivity index (χ3n) is 3.75. The summed E-state index contributed by atoms with van der Waals surface area (Å²) in [6.07, 6.45) is 2.33. The minimum Gasteiger partial charge on any atom is -0.469 e. The summed E-state index contributed by atoms with van der Waals surface area (Å²) in [5.41, 5.74) is 1.96. The molecule has 0 radical (unpaired) electrons. The van der Waals surface area contributed by atoms with Crippen molar-refractivity contribution in [3.63, 3.8) is 0 Å². The Morgan fingerprint density at radius 1 is 1.17 bits per heavy atom. The summed E-state index contributed by atoms with van der Waals surface area (Å²) < 4.78 is 9.68. The maximum Gasteiger partial charge on any atom is 0.307 e. The summed E-state index contributed by atoms with van der Waals surface area (Å²) in [6, 6.07) is 7.86. The molecule has 6 nitrogen and oxygen atoms in total. The number of ether oxygens (including phenoxy) is 2. The Balaban J connectivity index is 2.05. The fourth-order valence-electron chi connectivity index (χ4n) is 2.44. The molecule has 1 aromatic heterocycles. The van der Waals surface area contributed by atoms with E-state index in [0.717, 1.165) is 16.5 Å². The zero-order valence-electron chi connectivity index (χ0n) is 13.5. The molecule has 0 aliphatic heterocycles. The van der Waals surface area contributed by atoms with E-state index < -0.39 is 0 Å². The van der Waals surface area contributed by atoms with Crippen LogP contribution in [0.5, 0.6) is 0 Å². The van der Waals surface area contributed by atoms with Crippen LogP contribution in [-0.2, 0) is 25.5 Å². The zero-order valence-corrected chi connectivity index (χ0v) is 13.5. The van der Waals surface area contributed by atoms with Crippen molar-refractivity contribution in [1.82, 2.24) is 9.88 Å². The number of nitrogens with zero attached hydrogens (tertiary/aromatic N) is 1. The van der Waals surface area contributed by atoms with Crippen molar-refractivity contribution in [3.8, 4) is 0 Å². The summed E-state index contributed by atoms with van der Waals surface area (Å²) in [4.78, 5) is 28.7. The van der Waals surface area contributed by atoms with E-state index in [0.29, 0.717) is 19.7 Å². The van der Waals surface area contributed by atoms with Gasteiger partial charge in [-0.1, -0.05) is 18.2 Å². The molecule has 6 heteroatoms. The summed E-state index contributed by atoms with van der Waals surface area (Å²) >= 11 is 0. The van der Waals surface area contributed by atoms with E-state index in [1.54, 1.807) is 12.0 Å². The number of amides is 1. The number of fused-ring (bicyclic) bond motifs is 1. The molecule has 1 amide bonds. The summed E-state index contributed by atoms with van der Waals surface area (Å²) in [5, 5.41) is 1.04. The van der Waals surface area contributed by atoms with Gasteiger partial charge in [0.2, 0.25) is 5.91 Å². The van der Waals surface area contributed by atoms with E-state index in [4.69, 9.17) is 4.74 Å². The van der Waals surface area contributed by atoms with E-state index >= 15 is 0 Å². The van der Waals surface area contributed by atoms with Gasteiger partial charge in [-0.3, -0.25) is 9.59 Å². The van der Waals surface area contributed by atoms with Crippen molar-refractivity contribution in [3.05, 3.63) is 36.0 Å². The number of aromatic nitrogens is 1. The molecule has 0 aliphatic rings. The molecule has 0 unspecified atom stereocenters. The van der Waals surface area contributed by atoms with Crippen molar-refractivity contribution in [2.45, 2.75) is 12.8 Å². The predicted molar refractivity (Wildman–Crippen MR) is 87.1 cm³/mol. The molecule has 0 aliphatic carbocycles. The molecule has 2 aromatic rings. The standard InChI is InChI=1S/C17H22N2O4/c1-22-10-9-19(8-7-17(21)23-2)16(20)11-13-12-18-15-6-4-3-5-14(13)15/h3-6,12,18H,7-11H2,1-2H3. The maximum atomic E-state index is 12.6. The summed E-state index contributed by atoms with van der Waals surface area (Å²) in [6.45, 7) is 1.21. The average Bonchev–Trinajstić information content (AvgIpc) is 2.97. The van der Waals surface area contributed by atoms with Gasteiger partial charge in [0.15, 0.2) is 0 Å². The minimum atomic E-state index is -0.327. The molecule has 0 saturated heterocycles. The molecule has 2 rings (SSSR count). The third kappa shape index (κ3) is 4.56. The number of para-hydroxylation sites is 1. The number of carbonyl (C=O) groups is 2. The Hall–Kier alpha value is -2.34. The van der Waals surface area contributed by atoms with Gasteiger partial charge in [0.05, 0.1) is 26.6 Å². The van der Waals surface area contributed by atoms with Gasteiger partial charge in [0.1, 0.15) is 0 Å². The normalized spacial score (nSPS) is 10.7. The van der Waals surface area contributed by atoms with E-state index in [1.807, 2.05) is 30.5 Å². The number of benzene rings is 1. The largest absolute Gasteiger partial charge is 0.469 e. The second kappa shape index (κ2) is 8.33. The molecule has 0 atom stereocenters. The number of aromatic amines is 1. The van der Waals surface area contributed by atoms with Crippen LogP contribution < -0.4 is 0 Å². The molecule has 0 saturated carbocycles. The molecule has 1 heterocycles. The predicted octanol–water partition coefficient (Wildman–Crippen LogP) is 1.75. The van der Waals surface area contributed by atoms with E-state index in [9.17, 15) is 9.59 Å². The van der Waals surface area contributed by atoms with Crippen LogP contribution in [0, 0.1) is 0 Å². The molecule has 23 heavy (non-hydrogen) atoms. The minimum absolute atomic E-state index is 0.0318. The number of nitrogens with one attached hydrogen (secondary N) is 1. The molecule has 0 spiro atoms. The first kappa shape index (κ1) is 17.0. The molecule has 0 fully saturated rings. The van der Waals surface area contributed by atoms with Gasteiger partial charge in [-0.25, -0.2) is 0 Å². The second-order valence-electron chi connectivity index (χ2n) is 5.24. The lowest BCUT2D eigenvalue weighted by molar-refractivity contribution is -0.141. The Morgan fingerprint density at radius 2 is 1.96 bits per heavy atom. The molecular weight excluding hydrogens is 296 g/mol. The molecule has 124 valence electrons. The number of H-pyrrole nitrogens is 1. The maximum absolute atomic E-state index is 12.6. The Bertz CT molecular complexity index is 665. The molecular formula is C17H22N2O4. The lowest BCUT2D eigenvalue weighted by Crippen LogP contribution is -2.36. The number of hydrogen-bond acceptors (Lipinski definition) is 4. The Morgan fingerprint density at radius 3 is 2.70 bits per heavy atom. The topological polar surface area (TPSA) is 71.6 Å². The van der Waals surface area contributed by atoms with Crippen LogP contribution in [0.4, 0.5) is 0 Å². The first-order valence-electron chi connectivity index (χ1n) is 7.54. The highest BCUT2D eigenvalue weighted by Crippen LogP contribution is 2.18. The van der Waals surface area contributed by atoms with Crippen LogP contribution >= 0.6 is 0 Å². The summed E-state index contributed by atoms with van der Waals surface area (Å²) in [5.74, 6) is -0.358. The number of hydrogen-bond donors (Lipinski definition) is 1. The van der Waals surface area contributed by atoms with Crippen LogP contribution in [-0.4, -0.2) is 55.7 Å². The highest BCUT2D eigenvalue weighted by Gasteiger charge is 2.17. The fraction of sp³-hybridized carbons (Fsp3) is 0.412. The average molecular weight is 318 g/mol. The quantitative estimate of drug-likeness (QED) is 0.753. The van der Waals surface area contributed by atoms with Crippen molar-refractivity contribution < 1.29 is 19.1 Å². The second-order valence-corrected chi connectivity index (χ2v) is 5.24. The van der Waals surface area contributed by atoms with Gasteiger partial charge >= 0.3 is 5.97 Å². The summed E-state index contributed by atoms with van der Waals surface area (Å²) in [7, 11) is 2.93.